The summed E-state index contributed by atoms with van der Waals surface area (Å²) < 4.78 is 7.14. The molecule has 2 rings (SSSR count). The van der Waals surface area contributed by atoms with E-state index >= 15 is 0 Å². The summed E-state index contributed by atoms with van der Waals surface area (Å²) in [6, 6.07) is 3.89. The molecule has 3 nitrogen and oxygen atoms in total. The van der Waals surface area contributed by atoms with Crippen LogP contribution in [0, 0.1) is 6.92 Å². The Morgan fingerprint density at radius 3 is 3.00 bits per heavy atom. The van der Waals surface area contributed by atoms with Crippen molar-refractivity contribution in [3.63, 3.8) is 0 Å². The molecule has 2 aromatic heterocycles. The van der Waals surface area contributed by atoms with Crippen LogP contribution in [0.3, 0.4) is 0 Å². The Hall–Kier alpha value is -1.51. The van der Waals surface area contributed by atoms with Gasteiger partial charge in [-0.05, 0) is 13.0 Å². The van der Waals surface area contributed by atoms with Crippen molar-refractivity contribution in [2.75, 3.05) is 7.11 Å². The summed E-state index contributed by atoms with van der Waals surface area (Å²) in [4.78, 5) is 4.17. The molecule has 0 spiro atoms. The number of methoxy groups -OCH3 is 1. The molecule has 12 heavy (non-hydrogen) atoms. The molecule has 0 aliphatic rings. The average molecular weight is 162 g/mol. The van der Waals surface area contributed by atoms with Crippen molar-refractivity contribution in [2.24, 2.45) is 0 Å². The molecular formula is C9H10N2O. The highest BCUT2D eigenvalue weighted by molar-refractivity contribution is 5.46. The molecule has 0 saturated heterocycles. The highest BCUT2D eigenvalue weighted by atomic mass is 16.5. The van der Waals surface area contributed by atoms with Crippen molar-refractivity contribution in [3.05, 3.63) is 30.2 Å². The summed E-state index contributed by atoms with van der Waals surface area (Å²) in [6.07, 6.45) is 3.71. The van der Waals surface area contributed by atoms with Crippen LogP contribution in [0.1, 0.15) is 5.69 Å². The van der Waals surface area contributed by atoms with Crippen LogP contribution in [-0.2, 0) is 0 Å². The second-order valence-corrected chi connectivity index (χ2v) is 2.69. The zero-order chi connectivity index (χ0) is 8.55. The molecule has 0 unspecified atom stereocenters. The molecular weight excluding hydrogens is 152 g/mol. The number of imidazole rings is 1. The van der Waals surface area contributed by atoms with Gasteiger partial charge in [0, 0.05) is 24.2 Å². The molecule has 2 heterocycles. The van der Waals surface area contributed by atoms with Gasteiger partial charge in [-0.3, -0.25) is 0 Å². The van der Waals surface area contributed by atoms with Gasteiger partial charge < -0.3 is 9.14 Å². The fraction of sp³-hybridized carbons (Fsp3) is 0.222. The third-order valence-corrected chi connectivity index (χ3v) is 1.91. The van der Waals surface area contributed by atoms with Crippen LogP contribution >= 0.6 is 0 Å². The fourth-order valence-corrected chi connectivity index (χ4v) is 1.28. The predicted molar refractivity (Wildman–Crippen MR) is 46.5 cm³/mol. The Labute approximate surface area is 70.6 Å². The van der Waals surface area contributed by atoms with Gasteiger partial charge in [0.15, 0.2) is 0 Å². The van der Waals surface area contributed by atoms with E-state index < -0.39 is 0 Å². The summed E-state index contributed by atoms with van der Waals surface area (Å²) >= 11 is 0. The summed E-state index contributed by atoms with van der Waals surface area (Å²) in [5.41, 5.74) is 2.05. The zero-order valence-corrected chi connectivity index (χ0v) is 7.11. The molecule has 0 aliphatic carbocycles. The second kappa shape index (κ2) is 2.52. The monoisotopic (exact) mass is 162 g/mol. The number of pyridine rings is 1. The lowest BCUT2D eigenvalue weighted by atomic mass is 10.3. The first-order valence-corrected chi connectivity index (χ1v) is 3.79. The fourth-order valence-electron chi connectivity index (χ4n) is 1.28. The van der Waals surface area contributed by atoms with E-state index in [0.29, 0.717) is 0 Å². The maximum absolute atomic E-state index is 5.12. The van der Waals surface area contributed by atoms with Gasteiger partial charge in [0.2, 0.25) is 0 Å². The number of ether oxygens (including phenoxy) is 1. The highest BCUT2D eigenvalue weighted by Gasteiger charge is 1.99. The Morgan fingerprint density at radius 2 is 2.25 bits per heavy atom. The minimum Gasteiger partial charge on any atom is -0.497 e. The lowest BCUT2D eigenvalue weighted by Crippen LogP contribution is -1.91. The molecule has 0 amide bonds. The third kappa shape index (κ3) is 0.942. The summed E-state index contributed by atoms with van der Waals surface area (Å²) in [5, 5.41) is 0. The van der Waals surface area contributed by atoms with E-state index in [4.69, 9.17) is 4.74 Å². The van der Waals surface area contributed by atoms with E-state index in [2.05, 4.69) is 4.98 Å². The first-order chi connectivity index (χ1) is 5.81. The molecule has 0 fully saturated rings. The van der Waals surface area contributed by atoms with Crippen molar-refractivity contribution in [1.29, 1.82) is 0 Å². The predicted octanol–water partition coefficient (Wildman–Crippen LogP) is 1.65. The minimum atomic E-state index is 0.853. The highest BCUT2D eigenvalue weighted by Crippen LogP contribution is 2.15. The van der Waals surface area contributed by atoms with Crippen molar-refractivity contribution in [2.45, 2.75) is 6.92 Å². The van der Waals surface area contributed by atoms with Crippen molar-refractivity contribution in [3.8, 4) is 5.75 Å². The summed E-state index contributed by atoms with van der Waals surface area (Å²) in [6.45, 7) is 2.02. The third-order valence-electron chi connectivity index (χ3n) is 1.91. The molecule has 2 aromatic rings. The van der Waals surface area contributed by atoms with Crippen LogP contribution in [0.15, 0.2) is 24.5 Å². The molecule has 0 aromatic carbocycles. The maximum Gasteiger partial charge on any atom is 0.140 e. The maximum atomic E-state index is 5.12. The number of rotatable bonds is 1. The zero-order valence-electron chi connectivity index (χ0n) is 7.11. The molecule has 0 N–H and O–H groups in total. The average Bonchev–Trinajstić information content (AvgIpc) is 2.52. The Morgan fingerprint density at radius 1 is 1.42 bits per heavy atom. The second-order valence-electron chi connectivity index (χ2n) is 2.69. The van der Waals surface area contributed by atoms with Crippen LogP contribution in [0.5, 0.6) is 5.75 Å². The molecule has 3 heteroatoms. The van der Waals surface area contributed by atoms with E-state index in [9.17, 15) is 0 Å². The van der Waals surface area contributed by atoms with Crippen LogP contribution in [0.4, 0.5) is 0 Å². The first-order valence-electron chi connectivity index (χ1n) is 3.79. The Kier molecular flexibility index (Phi) is 1.50. The van der Waals surface area contributed by atoms with Crippen LogP contribution in [-0.4, -0.2) is 16.5 Å². The van der Waals surface area contributed by atoms with Crippen molar-refractivity contribution < 1.29 is 4.74 Å². The van der Waals surface area contributed by atoms with Gasteiger partial charge in [0.05, 0.1) is 7.11 Å². The van der Waals surface area contributed by atoms with Crippen LogP contribution in [0.2, 0.25) is 0 Å². The van der Waals surface area contributed by atoms with Gasteiger partial charge in [-0.25, -0.2) is 4.98 Å². The number of fused-ring (bicyclic) bond motifs is 1. The van der Waals surface area contributed by atoms with Gasteiger partial charge in [-0.2, -0.15) is 0 Å². The Bertz CT molecular complexity index is 406. The topological polar surface area (TPSA) is 26.5 Å². The van der Waals surface area contributed by atoms with Gasteiger partial charge in [-0.15, -0.1) is 0 Å². The van der Waals surface area contributed by atoms with Gasteiger partial charge >= 0.3 is 0 Å². The molecule has 0 saturated carbocycles. The lowest BCUT2D eigenvalue weighted by Gasteiger charge is -2.03. The van der Waals surface area contributed by atoms with E-state index in [1.54, 1.807) is 13.3 Å². The number of aryl methyl sites for hydroxylation is 1. The van der Waals surface area contributed by atoms with Gasteiger partial charge in [-0.1, -0.05) is 0 Å². The standard InChI is InChI=1S/C9H10N2O/c1-7-5-8(12-2)6-9-10-3-4-11(7)9/h3-6H,1-2H3. The largest absolute Gasteiger partial charge is 0.497 e. The van der Waals surface area contributed by atoms with Gasteiger partial charge in [0.1, 0.15) is 11.4 Å². The SMILES string of the molecule is COc1cc(C)n2ccnc2c1. The molecule has 62 valence electrons. The Balaban J connectivity index is 2.75. The first kappa shape index (κ1) is 7.16. The molecule has 0 radical (unpaired) electrons. The number of hydrogen-bond acceptors (Lipinski definition) is 2. The molecule has 0 aliphatic heterocycles. The minimum absolute atomic E-state index is 0.853. The quantitative estimate of drug-likeness (QED) is 0.637. The summed E-state index contributed by atoms with van der Waals surface area (Å²) in [7, 11) is 1.66. The number of nitrogens with zero attached hydrogens (tertiary/aromatic N) is 2. The normalized spacial score (nSPS) is 10.5. The summed E-state index contributed by atoms with van der Waals surface area (Å²) in [5.74, 6) is 0.853. The van der Waals surface area contributed by atoms with E-state index in [1.165, 1.54) is 0 Å². The van der Waals surface area contributed by atoms with Crippen molar-refractivity contribution in [1.82, 2.24) is 9.38 Å². The molecule has 0 atom stereocenters. The number of aromatic nitrogens is 2. The van der Waals surface area contributed by atoms with E-state index in [0.717, 1.165) is 17.1 Å². The van der Waals surface area contributed by atoms with Crippen LogP contribution in [0.25, 0.3) is 5.65 Å². The smallest absolute Gasteiger partial charge is 0.140 e. The lowest BCUT2D eigenvalue weighted by molar-refractivity contribution is 0.414. The van der Waals surface area contributed by atoms with Gasteiger partial charge in [0.25, 0.3) is 0 Å². The van der Waals surface area contributed by atoms with Crippen LogP contribution < -0.4 is 4.74 Å². The van der Waals surface area contributed by atoms with E-state index in [1.807, 2.05) is 29.7 Å². The van der Waals surface area contributed by atoms with Crippen molar-refractivity contribution >= 4 is 5.65 Å². The number of hydrogen-bond donors (Lipinski definition) is 0. The van der Waals surface area contributed by atoms with E-state index in [-0.39, 0.29) is 0 Å². The molecule has 0 bridgehead atoms.